The molecule has 66 valence electrons. The first-order valence-corrected chi connectivity index (χ1v) is 3.78. The number of nitrogens with zero attached hydrogens (tertiary/aromatic N) is 2. The number of H-pyrrole nitrogens is 2. The van der Waals surface area contributed by atoms with E-state index < -0.39 is 0 Å². The monoisotopic (exact) mass is 176 g/mol. The number of rotatable bonds is 2. The summed E-state index contributed by atoms with van der Waals surface area (Å²) in [7, 11) is 0. The maximum absolute atomic E-state index is 9.18. The highest BCUT2D eigenvalue weighted by Gasteiger charge is 1.98. The van der Waals surface area contributed by atoms with E-state index in [0.29, 0.717) is 11.6 Å². The van der Waals surface area contributed by atoms with Gasteiger partial charge in [-0.1, -0.05) is 0 Å². The summed E-state index contributed by atoms with van der Waals surface area (Å²) in [5.41, 5.74) is 0. The Labute approximate surface area is 74.1 Å². The first-order valence-electron chi connectivity index (χ1n) is 3.78. The van der Waals surface area contributed by atoms with Crippen molar-refractivity contribution in [3.63, 3.8) is 0 Å². The van der Waals surface area contributed by atoms with Crippen molar-refractivity contribution in [3.05, 3.63) is 30.6 Å². The van der Waals surface area contributed by atoms with Crippen LogP contribution in [0.25, 0.3) is 0 Å². The molecule has 0 bridgehead atoms. The summed E-state index contributed by atoms with van der Waals surface area (Å²) >= 11 is 0. The van der Waals surface area contributed by atoms with Crippen molar-refractivity contribution in [1.29, 1.82) is 0 Å². The van der Waals surface area contributed by atoms with E-state index in [4.69, 9.17) is 0 Å². The second kappa shape index (κ2) is 3.14. The Hall–Kier alpha value is -2.04. The van der Waals surface area contributed by atoms with Crippen LogP contribution in [-0.4, -0.2) is 15.1 Å². The highest BCUT2D eigenvalue weighted by atomic mass is 16.3. The van der Waals surface area contributed by atoms with E-state index in [1.54, 1.807) is 18.5 Å². The molecule has 0 fully saturated rings. The molecule has 2 aromatic heterocycles. The molecule has 0 aliphatic carbocycles. The van der Waals surface area contributed by atoms with E-state index in [2.05, 4.69) is 20.2 Å². The Morgan fingerprint density at radius 2 is 2.00 bits per heavy atom. The Bertz CT molecular complexity index is 401. The highest BCUT2D eigenvalue weighted by molar-refractivity contribution is 5.44. The maximum atomic E-state index is 9.18. The molecule has 0 amide bonds. The number of aromatic nitrogens is 2. The molecular formula is C8H8N4O. The van der Waals surface area contributed by atoms with Crippen LogP contribution in [0.4, 0.5) is 11.6 Å². The second-order valence-electron chi connectivity index (χ2n) is 2.47. The first kappa shape index (κ1) is 7.60. The van der Waals surface area contributed by atoms with Crippen molar-refractivity contribution in [1.82, 2.24) is 9.97 Å². The van der Waals surface area contributed by atoms with Crippen molar-refractivity contribution in [2.45, 2.75) is 0 Å². The third-order valence-electron chi connectivity index (χ3n) is 1.54. The van der Waals surface area contributed by atoms with Gasteiger partial charge in [0.25, 0.3) is 0 Å². The molecule has 3 N–H and O–H groups in total. The minimum Gasteiger partial charge on any atom is -0.504 e. The third kappa shape index (κ3) is 1.58. The number of azo groups is 1. The second-order valence-corrected chi connectivity index (χ2v) is 2.47. The topological polar surface area (TPSA) is 76.5 Å². The van der Waals surface area contributed by atoms with Gasteiger partial charge in [0.05, 0.1) is 0 Å². The molecule has 13 heavy (non-hydrogen) atoms. The molecule has 0 aliphatic rings. The van der Waals surface area contributed by atoms with Crippen molar-refractivity contribution in [2.24, 2.45) is 10.2 Å². The first-order chi connectivity index (χ1) is 6.36. The highest BCUT2D eigenvalue weighted by Crippen LogP contribution is 2.24. The molecule has 2 heterocycles. The summed E-state index contributed by atoms with van der Waals surface area (Å²) in [5.74, 6) is 1.10. The molecule has 0 saturated carbocycles. The molecule has 0 unspecified atom stereocenters. The number of nitrogens with one attached hydrogen (secondary N) is 2. The molecule has 2 rings (SSSR count). The van der Waals surface area contributed by atoms with Crippen LogP contribution >= 0.6 is 0 Å². The normalized spacial score (nSPS) is 11.1. The zero-order valence-corrected chi connectivity index (χ0v) is 6.73. The van der Waals surface area contributed by atoms with E-state index in [1.165, 1.54) is 6.07 Å². The van der Waals surface area contributed by atoms with Gasteiger partial charge in [0, 0.05) is 12.4 Å². The minimum atomic E-state index is 0.0929. The molecule has 0 radical (unpaired) electrons. The Kier molecular flexibility index (Phi) is 1.84. The quantitative estimate of drug-likeness (QED) is 0.604. The fourth-order valence-electron chi connectivity index (χ4n) is 0.919. The van der Waals surface area contributed by atoms with Crippen LogP contribution in [0, 0.1) is 0 Å². The van der Waals surface area contributed by atoms with Crippen LogP contribution in [0.5, 0.6) is 5.75 Å². The van der Waals surface area contributed by atoms with Crippen LogP contribution in [0.3, 0.4) is 0 Å². The van der Waals surface area contributed by atoms with Crippen molar-refractivity contribution in [2.75, 3.05) is 0 Å². The van der Waals surface area contributed by atoms with E-state index in [9.17, 15) is 5.11 Å². The van der Waals surface area contributed by atoms with Gasteiger partial charge in [-0.25, -0.2) is 0 Å². The molecule has 0 spiro atoms. The van der Waals surface area contributed by atoms with Gasteiger partial charge in [0.2, 0.25) is 0 Å². The Balaban J connectivity index is 2.19. The minimum absolute atomic E-state index is 0.0929. The molecule has 2 aromatic rings. The summed E-state index contributed by atoms with van der Waals surface area (Å²) in [5, 5.41) is 16.8. The van der Waals surface area contributed by atoms with Gasteiger partial charge in [0.1, 0.15) is 0 Å². The van der Waals surface area contributed by atoms with Crippen molar-refractivity contribution < 1.29 is 5.11 Å². The number of hydrogen-bond acceptors (Lipinski definition) is 3. The Morgan fingerprint density at radius 1 is 1.08 bits per heavy atom. The van der Waals surface area contributed by atoms with Crippen molar-refractivity contribution >= 4 is 11.6 Å². The summed E-state index contributed by atoms with van der Waals surface area (Å²) in [6.07, 6.45) is 3.35. The molecule has 5 heteroatoms. The number of aromatic amines is 2. The average molecular weight is 176 g/mol. The van der Waals surface area contributed by atoms with Crippen LogP contribution < -0.4 is 0 Å². The van der Waals surface area contributed by atoms with Gasteiger partial charge in [0.15, 0.2) is 17.4 Å². The largest absolute Gasteiger partial charge is 0.504 e. The SMILES string of the molecule is Oc1cc[nH]c1N=Nc1ccc[nH]1. The third-order valence-corrected chi connectivity index (χ3v) is 1.54. The number of aromatic hydroxyl groups is 1. The zero-order valence-electron chi connectivity index (χ0n) is 6.73. The van der Waals surface area contributed by atoms with Gasteiger partial charge in [-0.3, -0.25) is 0 Å². The van der Waals surface area contributed by atoms with Crippen LogP contribution in [-0.2, 0) is 0 Å². The van der Waals surface area contributed by atoms with Crippen LogP contribution in [0.15, 0.2) is 40.8 Å². The van der Waals surface area contributed by atoms with Gasteiger partial charge in [-0.15, -0.1) is 10.2 Å². The maximum Gasteiger partial charge on any atom is 0.194 e. The van der Waals surface area contributed by atoms with Gasteiger partial charge in [-0.05, 0) is 18.2 Å². The van der Waals surface area contributed by atoms with E-state index in [1.807, 2.05) is 6.07 Å². The van der Waals surface area contributed by atoms with E-state index >= 15 is 0 Å². The molecular weight excluding hydrogens is 168 g/mol. The lowest BCUT2D eigenvalue weighted by Crippen LogP contribution is -1.62. The zero-order chi connectivity index (χ0) is 9.10. The van der Waals surface area contributed by atoms with Gasteiger partial charge >= 0.3 is 0 Å². The van der Waals surface area contributed by atoms with E-state index in [-0.39, 0.29) is 5.75 Å². The van der Waals surface area contributed by atoms with Gasteiger partial charge < -0.3 is 15.1 Å². The lowest BCUT2D eigenvalue weighted by molar-refractivity contribution is 0.477. The fourth-order valence-corrected chi connectivity index (χ4v) is 0.919. The molecule has 0 aromatic carbocycles. The lowest BCUT2D eigenvalue weighted by Gasteiger charge is -1.87. The summed E-state index contributed by atoms with van der Waals surface area (Å²) < 4.78 is 0. The molecule has 0 atom stereocenters. The predicted molar refractivity (Wildman–Crippen MR) is 47.4 cm³/mol. The average Bonchev–Trinajstić information content (AvgIpc) is 2.72. The summed E-state index contributed by atoms with van der Waals surface area (Å²) in [4.78, 5) is 5.61. The van der Waals surface area contributed by atoms with Crippen molar-refractivity contribution in [3.8, 4) is 5.75 Å². The Morgan fingerprint density at radius 3 is 2.62 bits per heavy atom. The smallest absolute Gasteiger partial charge is 0.194 e. The summed E-state index contributed by atoms with van der Waals surface area (Å²) in [6.45, 7) is 0. The lowest BCUT2D eigenvalue weighted by atomic mass is 10.6. The van der Waals surface area contributed by atoms with Crippen LogP contribution in [0.1, 0.15) is 0 Å². The van der Waals surface area contributed by atoms with E-state index in [0.717, 1.165) is 0 Å². The molecule has 0 saturated heterocycles. The predicted octanol–water partition coefficient (Wildman–Crippen LogP) is 2.46. The number of hydrogen-bond donors (Lipinski definition) is 3. The molecule has 5 nitrogen and oxygen atoms in total. The fraction of sp³-hybridized carbons (Fsp3) is 0. The summed E-state index contributed by atoms with van der Waals surface area (Å²) in [6, 6.07) is 5.12. The van der Waals surface area contributed by atoms with Gasteiger partial charge in [-0.2, -0.15) is 0 Å². The van der Waals surface area contributed by atoms with Crippen LogP contribution in [0.2, 0.25) is 0 Å². The standard InChI is InChI=1S/C8H8N4O/c13-6-3-5-10-8(6)12-11-7-2-1-4-9-7/h1-5,9-10,13H. The molecule has 0 aliphatic heterocycles.